The smallest absolute Gasteiger partial charge is 0.255 e. The first-order chi connectivity index (χ1) is 16.6. The lowest BCUT2D eigenvalue weighted by molar-refractivity contribution is 0.0936. The highest BCUT2D eigenvalue weighted by Crippen LogP contribution is 2.44. The van der Waals surface area contributed by atoms with Crippen LogP contribution in [0.3, 0.4) is 0 Å². The van der Waals surface area contributed by atoms with Crippen molar-refractivity contribution in [2.75, 3.05) is 45.2 Å². The molecule has 0 radical (unpaired) electrons. The number of aromatic amines is 1. The van der Waals surface area contributed by atoms with Gasteiger partial charge in [-0.2, -0.15) is 0 Å². The van der Waals surface area contributed by atoms with Crippen LogP contribution in [-0.4, -0.2) is 60.7 Å². The minimum Gasteiger partial charge on any atom is -0.492 e. The van der Waals surface area contributed by atoms with Gasteiger partial charge >= 0.3 is 0 Å². The number of hydrogen-bond donors (Lipinski definition) is 3. The van der Waals surface area contributed by atoms with Gasteiger partial charge in [0.15, 0.2) is 11.6 Å². The van der Waals surface area contributed by atoms with Crippen LogP contribution in [0.4, 0.5) is 15.8 Å². The number of nitrogens with one attached hydrogen (secondary N) is 3. The zero-order valence-corrected chi connectivity index (χ0v) is 18.9. The molecule has 1 amide bonds. The molecule has 4 bridgehead atoms. The Balaban J connectivity index is 1.56. The predicted molar refractivity (Wildman–Crippen MR) is 125 cm³/mol. The Labute approximate surface area is 196 Å². The fourth-order valence-corrected chi connectivity index (χ4v) is 5.34. The SMILES string of the molecule is COc1c(F)cccc1Nc1c2[nH]c3c1C(=O)NC[C@@H]3CN1CC[C@@H](COc3cnccc3-2)C1. The van der Waals surface area contributed by atoms with Gasteiger partial charge in [-0.25, -0.2) is 4.39 Å². The number of pyridine rings is 1. The van der Waals surface area contributed by atoms with E-state index < -0.39 is 5.82 Å². The largest absolute Gasteiger partial charge is 0.492 e. The molecule has 1 unspecified atom stereocenters. The van der Waals surface area contributed by atoms with E-state index in [0.717, 1.165) is 37.3 Å². The number of aromatic nitrogens is 2. The number of carbonyl (C=O) groups excluding carboxylic acids is 1. The number of fused-ring (bicyclic) bond motifs is 5. The molecule has 5 heterocycles. The number of nitrogens with zero attached hydrogens (tertiary/aromatic N) is 2. The van der Waals surface area contributed by atoms with Gasteiger partial charge in [-0.3, -0.25) is 9.78 Å². The van der Waals surface area contributed by atoms with Crippen molar-refractivity contribution in [3.05, 3.63) is 53.7 Å². The third-order valence-corrected chi connectivity index (χ3v) is 6.98. The molecule has 176 valence electrons. The molecular formula is C25H26FN5O3. The van der Waals surface area contributed by atoms with Crippen LogP contribution in [-0.2, 0) is 0 Å². The lowest BCUT2D eigenvalue weighted by Gasteiger charge is -2.28. The van der Waals surface area contributed by atoms with Gasteiger partial charge in [-0.1, -0.05) is 6.07 Å². The third kappa shape index (κ3) is 3.47. The van der Waals surface area contributed by atoms with Crippen LogP contribution in [0.15, 0.2) is 36.7 Å². The molecule has 8 nitrogen and oxygen atoms in total. The van der Waals surface area contributed by atoms with E-state index >= 15 is 0 Å². The molecule has 3 atom stereocenters. The molecule has 3 aliphatic heterocycles. The molecule has 3 N–H and O–H groups in total. The topological polar surface area (TPSA) is 91.5 Å². The van der Waals surface area contributed by atoms with E-state index in [4.69, 9.17) is 9.47 Å². The number of hydrogen-bond acceptors (Lipinski definition) is 6. The quantitative estimate of drug-likeness (QED) is 0.551. The second kappa shape index (κ2) is 8.32. The van der Waals surface area contributed by atoms with Gasteiger partial charge in [0.25, 0.3) is 5.91 Å². The van der Waals surface area contributed by atoms with E-state index in [-0.39, 0.29) is 17.6 Å². The monoisotopic (exact) mass is 463 g/mol. The summed E-state index contributed by atoms with van der Waals surface area (Å²) in [6.45, 7) is 3.99. The van der Waals surface area contributed by atoms with Crippen LogP contribution < -0.4 is 20.1 Å². The van der Waals surface area contributed by atoms with Gasteiger partial charge in [0.2, 0.25) is 0 Å². The van der Waals surface area contributed by atoms with Crippen molar-refractivity contribution in [3.63, 3.8) is 0 Å². The van der Waals surface area contributed by atoms with E-state index in [9.17, 15) is 9.18 Å². The maximum Gasteiger partial charge on any atom is 0.255 e. The maximum atomic E-state index is 14.5. The number of ether oxygens (including phenoxy) is 2. The molecule has 0 spiro atoms. The van der Waals surface area contributed by atoms with Crippen LogP contribution in [0.1, 0.15) is 28.4 Å². The molecule has 34 heavy (non-hydrogen) atoms. The number of anilines is 2. The van der Waals surface area contributed by atoms with Crippen molar-refractivity contribution < 1.29 is 18.7 Å². The van der Waals surface area contributed by atoms with Crippen molar-refractivity contribution >= 4 is 17.3 Å². The minimum atomic E-state index is -0.483. The minimum absolute atomic E-state index is 0.0868. The molecule has 0 saturated carbocycles. The number of carbonyl (C=O) groups is 1. The Morgan fingerprint density at radius 1 is 1.29 bits per heavy atom. The molecule has 0 aliphatic carbocycles. The maximum absolute atomic E-state index is 14.5. The first-order valence-electron chi connectivity index (χ1n) is 11.6. The third-order valence-electron chi connectivity index (χ3n) is 6.98. The van der Waals surface area contributed by atoms with Crippen molar-refractivity contribution in [2.45, 2.75) is 12.3 Å². The number of benzene rings is 1. The molecular weight excluding hydrogens is 437 g/mol. The fourth-order valence-electron chi connectivity index (χ4n) is 5.34. The number of halogens is 1. The van der Waals surface area contributed by atoms with Crippen molar-refractivity contribution in [3.8, 4) is 22.8 Å². The zero-order chi connectivity index (χ0) is 23.2. The summed E-state index contributed by atoms with van der Waals surface area (Å²) in [4.78, 5) is 23.4. The Kier molecular flexibility index (Phi) is 5.13. The summed E-state index contributed by atoms with van der Waals surface area (Å²) < 4.78 is 26.0. The Morgan fingerprint density at radius 2 is 2.21 bits per heavy atom. The summed E-state index contributed by atoms with van der Waals surface area (Å²) >= 11 is 0. The number of rotatable bonds is 3. The van der Waals surface area contributed by atoms with Crippen LogP contribution in [0.2, 0.25) is 0 Å². The van der Waals surface area contributed by atoms with Gasteiger partial charge in [-0.05, 0) is 31.2 Å². The Bertz CT molecular complexity index is 1260. The molecule has 1 saturated heterocycles. The van der Waals surface area contributed by atoms with Crippen LogP contribution in [0.25, 0.3) is 11.3 Å². The van der Waals surface area contributed by atoms with Crippen LogP contribution in [0, 0.1) is 11.7 Å². The summed E-state index contributed by atoms with van der Waals surface area (Å²) in [5, 5.41) is 6.37. The molecule has 1 aromatic carbocycles. The first-order valence-corrected chi connectivity index (χ1v) is 11.6. The van der Waals surface area contributed by atoms with Gasteiger partial charge in [0, 0.05) is 48.9 Å². The van der Waals surface area contributed by atoms with Gasteiger partial charge in [0.05, 0.1) is 42.5 Å². The van der Waals surface area contributed by atoms with E-state index in [0.29, 0.717) is 47.5 Å². The van der Waals surface area contributed by atoms with E-state index in [1.807, 2.05) is 6.07 Å². The van der Waals surface area contributed by atoms with E-state index in [1.54, 1.807) is 24.5 Å². The summed E-state index contributed by atoms with van der Waals surface area (Å²) in [6.07, 6.45) is 4.50. The number of para-hydroxylation sites is 1. The van der Waals surface area contributed by atoms with Gasteiger partial charge in [0.1, 0.15) is 5.75 Å². The van der Waals surface area contributed by atoms with Crippen molar-refractivity contribution in [2.24, 2.45) is 5.92 Å². The zero-order valence-electron chi connectivity index (χ0n) is 18.9. The predicted octanol–water partition coefficient (Wildman–Crippen LogP) is 3.51. The lowest BCUT2D eigenvalue weighted by atomic mass is 9.95. The summed E-state index contributed by atoms with van der Waals surface area (Å²) in [7, 11) is 1.42. The van der Waals surface area contributed by atoms with Gasteiger partial charge in [-0.15, -0.1) is 0 Å². The van der Waals surface area contributed by atoms with E-state index in [2.05, 4.69) is 25.5 Å². The molecule has 3 aromatic rings. The normalized spacial score (nSPS) is 23.1. The molecule has 1 fully saturated rings. The number of amides is 1. The van der Waals surface area contributed by atoms with E-state index in [1.165, 1.54) is 13.2 Å². The van der Waals surface area contributed by atoms with Crippen LogP contribution in [0.5, 0.6) is 11.5 Å². The standard InChI is InChI=1S/C25H26FN5O3/c1-33-24-17(26)3-2-4-18(24)29-23-20-21-15(9-28-25(20)32)12-31-8-6-14(11-31)13-34-19-10-27-7-5-16(19)22(23)30-21/h2-5,7,10,14-15,29-30H,6,8-9,11-13H2,1H3,(H,28,32)/t14-,15-/m1/s1. The van der Waals surface area contributed by atoms with Crippen LogP contribution >= 0.6 is 0 Å². The Morgan fingerprint density at radius 3 is 3.09 bits per heavy atom. The first kappa shape index (κ1) is 21.0. The summed E-state index contributed by atoms with van der Waals surface area (Å²) in [5.74, 6) is 0.643. The molecule has 9 heteroatoms. The average molecular weight is 464 g/mol. The van der Waals surface area contributed by atoms with Crippen molar-refractivity contribution in [1.82, 2.24) is 20.2 Å². The van der Waals surface area contributed by atoms with Crippen molar-refractivity contribution in [1.29, 1.82) is 0 Å². The lowest BCUT2D eigenvalue weighted by Crippen LogP contribution is -2.40. The van der Waals surface area contributed by atoms with Gasteiger partial charge < -0.3 is 30.0 Å². The number of H-pyrrole nitrogens is 1. The summed E-state index contributed by atoms with van der Waals surface area (Å²) in [6, 6.07) is 6.55. The number of methoxy groups -OCH3 is 1. The second-order valence-electron chi connectivity index (χ2n) is 9.11. The highest BCUT2D eigenvalue weighted by molar-refractivity contribution is 6.07. The molecule has 2 aromatic heterocycles. The fraction of sp³-hybridized carbons (Fsp3) is 0.360. The average Bonchev–Trinajstić information content (AvgIpc) is 3.45. The second-order valence-corrected chi connectivity index (χ2v) is 9.11. The molecule has 3 aliphatic rings. The highest BCUT2D eigenvalue weighted by Gasteiger charge is 2.36. The highest BCUT2D eigenvalue weighted by atomic mass is 19.1. The Hall–Kier alpha value is -3.59. The molecule has 6 rings (SSSR count). The summed E-state index contributed by atoms with van der Waals surface area (Å²) in [5.41, 5.74) is 3.92.